The molecule has 1 aliphatic heterocycles. The fourth-order valence-corrected chi connectivity index (χ4v) is 4.96. The molecule has 1 fully saturated rings. The van der Waals surface area contributed by atoms with Crippen molar-refractivity contribution in [3.8, 4) is 0 Å². The lowest BCUT2D eigenvalue weighted by Crippen LogP contribution is -2.30. The summed E-state index contributed by atoms with van der Waals surface area (Å²) < 4.78 is 27.5. The molecular weight excluding hydrogens is 358 g/mol. The van der Waals surface area contributed by atoms with Crippen LogP contribution < -0.4 is 0 Å². The molecule has 7 heteroatoms. The molecule has 2 atom stereocenters. The van der Waals surface area contributed by atoms with Gasteiger partial charge in [-0.25, -0.2) is 13.2 Å². The maximum atomic E-state index is 12.8. The third kappa shape index (κ3) is 3.00. The lowest BCUT2D eigenvalue weighted by Gasteiger charge is -2.19. The summed E-state index contributed by atoms with van der Waals surface area (Å²) in [6.07, 6.45) is 0. The summed E-state index contributed by atoms with van der Waals surface area (Å²) >= 11 is 3.24. The van der Waals surface area contributed by atoms with E-state index in [1.807, 2.05) is 13.8 Å². The zero-order chi connectivity index (χ0) is 15.9. The Hall–Kier alpha value is -0.920. The molecule has 1 saturated heterocycles. The minimum Gasteiger partial charge on any atom is -0.478 e. The Morgan fingerprint density at radius 3 is 2.29 bits per heavy atom. The summed E-state index contributed by atoms with van der Waals surface area (Å²) in [7, 11) is -3.67. The number of carbonyl (C=O) groups is 1. The molecule has 2 rings (SSSR count). The number of carboxylic acids is 1. The van der Waals surface area contributed by atoms with Crippen molar-refractivity contribution in [2.24, 2.45) is 11.8 Å². The molecule has 1 heterocycles. The van der Waals surface area contributed by atoms with Gasteiger partial charge in [0.1, 0.15) is 0 Å². The van der Waals surface area contributed by atoms with Crippen LogP contribution in [0, 0.1) is 18.8 Å². The van der Waals surface area contributed by atoms with Crippen LogP contribution in [0.4, 0.5) is 0 Å². The molecule has 2 unspecified atom stereocenters. The molecule has 21 heavy (non-hydrogen) atoms. The van der Waals surface area contributed by atoms with E-state index in [0.717, 1.165) is 0 Å². The molecule has 0 bridgehead atoms. The lowest BCUT2D eigenvalue weighted by atomic mass is 10.0. The summed E-state index contributed by atoms with van der Waals surface area (Å²) in [5.41, 5.74) is 0.499. The molecule has 1 N–H and O–H groups in total. The SMILES string of the molecule is Cc1c(Br)cc(C(=O)O)cc1S(=O)(=O)N1CC(C)C(C)C1. The Morgan fingerprint density at radius 2 is 1.81 bits per heavy atom. The Balaban J connectivity index is 2.52. The van der Waals surface area contributed by atoms with E-state index in [1.165, 1.54) is 16.4 Å². The van der Waals surface area contributed by atoms with Crippen molar-refractivity contribution in [2.45, 2.75) is 25.7 Å². The van der Waals surface area contributed by atoms with Crippen molar-refractivity contribution in [3.05, 3.63) is 27.7 Å². The van der Waals surface area contributed by atoms with Gasteiger partial charge in [0.2, 0.25) is 10.0 Å². The second kappa shape index (κ2) is 5.70. The minimum atomic E-state index is -3.67. The van der Waals surface area contributed by atoms with Crippen LogP contribution in [0.15, 0.2) is 21.5 Å². The standard InChI is InChI=1S/C14H18BrNO4S/c1-8-6-16(7-9(8)2)21(19,20)13-5-11(14(17)18)4-12(15)10(13)3/h4-5,8-9H,6-7H2,1-3H3,(H,17,18). The first-order valence-electron chi connectivity index (χ1n) is 6.68. The van der Waals surface area contributed by atoms with Crippen LogP contribution in [0.1, 0.15) is 29.8 Å². The highest BCUT2D eigenvalue weighted by atomic mass is 79.9. The van der Waals surface area contributed by atoms with Crippen LogP contribution in [0.2, 0.25) is 0 Å². The van der Waals surface area contributed by atoms with Gasteiger partial charge < -0.3 is 5.11 Å². The molecule has 1 aliphatic rings. The molecule has 0 spiro atoms. The Kier molecular flexibility index (Phi) is 4.46. The summed E-state index contributed by atoms with van der Waals surface area (Å²) in [6.45, 7) is 6.66. The Morgan fingerprint density at radius 1 is 1.29 bits per heavy atom. The van der Waals surface area contributed by atoms with Gasteiger partial charge in [-0.3, -0.25) is 0 Å². The topological polar surface area (TPSA) is 74.7 Å². The Labute approximate surface area is 133 Å². The Bertz CT molecular complexity index is 676. The molecule has 0 amide bonds. The number of hydrogen-bond donors (Lipinski definition) is 1. The molecule has 0 aliphatic carbocycles. The molecule has 1 aromatic carbocycles. The lowest BCUT2D eigenvalue weighted by molar-refractivity contribution is 0.0696. The maximum absolute atomic E-state index is 12.8. The second-order valence-corrected chi connectivity index (χ2v) is 8.42. The smallest absolute Gasteiger partial charge is 0.335 e. The number of aromatic carboxylic acids is 1. The number of halogens is 1. The molecule has 0 aromatic heterocycles. The zero-order valence-corrected chi connectivity index (χ0v) is 14.5. The highest BCUT2D eigenvalue weighted by molar-refractivity contribution is 9.10. The predicted octanol–water partition coefficient (Wildman–Crippen LogP) is 2.73. The van der Waals surface area contributed by atoms with E-state index in [1.54, 1.807) is 6.92 Å². The summed E-state index contributed by atoms with van der Waals surface area (Å²) in [4.78, 5) is 11.2. The van der Waals surface area contributed by atoms with Crippen LogP contribution in [0.25, 0.3) is 0 Å². The van der Waals surface area contributed by atoms with Crippen molar-refractivity contribution in [2.75, 3.05) is 13.1 Å². The summed E-state index contributed by atoms with van der Waals surface area (Å²) in [6, 6.07) is 2.66. The fourth-order valence-electron chi connectivity index (χ4n) is 2.46. The van der Waals surface area contributed by atoms with Gasteiger partial charge in [-0.05, 0) is 36.5 Å². The van der Waals surface area contributed by atoms with Gasteiger partial charge in [0, 0.05) is 17.6 Å². The van der Waals surface area contributed by atoms with Crippen LogP contribution >= 0.6 is 15.9 Å². The van der Waals surface area contributed by atoms with E-state index < -0.39 is 16.0 Å². The van der Waals surface area contributed by atoms with E-state index in [-0.39, 0.29) is 10.5 Å². The predicted molar refractivity (Wildman–Crippen MR) is 82.9 cm³/mol. The first kappa shape index (κ1) is 16.5. The molecule has 116 valence electrons. The third-order valence-electron chi connectivity index (χ3n) is 4.12. The van der Waals surface area contributed by atoms with Crippen LogP contribution in [-0.2, 0) is 10.0 Å². The minimum absolute atomic E-state index is 0.0358. The average Bonchev–Trinajstić information content (AvgIpc) is 2.73. The van der Waals surface area contributed by atoms with Crippen molar-refractivity contribution < 1.29 is 18.3 Å². The van der Waals surface area contributed by atoms with Crippen molar-refractivity contribution in [3.63, 3.8) is 0 Å². The molecule has 5 nitrogen and oxygen atoms in total. The van der Waals surface area contributed by atoms with Gasteiger partial charge in [0.05, 0.1) is 10.5 Å². The molecule has 1 aromatic rings. The number of nitrogens with zero attached hydrogens (tertiary/aromatic N) is 1. The quantitative estimate of drug-likeness (QED) is 0.880. The van der Waals surface area contributed by atoms with Crippen molar-refractivity contribution in [1.82, 2.24) is 4.31 Å². The number of carboxylic acid groups (broad SMARTS) is 1. The zero-order valence-electron chi connectivity index (χ0n) is 12.1. The first-order valence-corrected chi connectivity index (χ1v) is 8.91. The number of benzene rings is 1. The monoisotopic (exact) mass is 375 g/mol. The number of sulfonamides is 1. The highest BCUT2D eigenvalue weighted by Gasteiger charge is 2.36. The van der Waals surface area contributed by atoms with Gasteiger partial charge >= 0.3 is 5.97 Å². The first-order chi connectivity index (χ1) is 9.64. The van der Waals surface area contributed by atoms with E-state index >= 15 is 0 Å². The van der Waals surface area contributed by atoms with Gasteiger partial charge in [-0.15, -0.1) is 0 Å². The molecule has 0 saturated carbocycles. The van der Waals surface area contributed by atoms with Crippen molar-refractivity contribution in [1.29, 1.82) is 0 Å². The third-order valence-corrected chi connectivity index (χ3v) is 6.90. The van der Waals surface area contributed by atoms with E-state index in [2.05, 4.69) is 15.9 Å². The summed E-state index contributed by atoms with van der Waals surface area (Å²) in [5, 5.41) is 9.11. The normalized spacial score (nSPS) is 23.4. The molecule has 0 radical (unpaired) electrons. The van der Waals surface area contributed by atoms with E-state index in [0.29, 0.717) is 35.0 Å². The van der Waals surface area contributed by atoms with E-state index in [9.17, 15) is 13.2 Å². The van der Waals surface area contributed by atoms with Gasteiger partial charge in [-0.2, -0.15) is 4.31 Å². The number of hydrogen-bond acceptors (Lipinski definition) is 3. The maximum Gasteiger partial charge on any atom is 0.335 e. The average molecular weight is 376 g/mol. The second-order valence-electron chi connectivity index (χ2n) is 5.66. The fraction of sp³-hybridized carbons (Fsp3) is 0.500. The summed E-state index contributed by atoms with van der Waals surface area (Å²) in [5.74, 6) is -0.548. The molecular formula is C14H18BrNO4S. The van der Waals surface area contributed by atoms with Crippen molar-refractivity contribution >= 4 is 31.9 Å². The van der Waals surface area contributed by atoms with Crippen LogP contribution in [-0.4, -0.2) is 36.9 Å². The number of rotatable bonds is 3. The van der Waals surface area contributed by atoms with Gasteiger partial charge in [0.25, 0.3) is 0 Å². The highest BCUT2D eigenvalue weighted by Crippen LogP contribution is 2.32. The largest absolute Gasteiger partial charge is 0.478 e. The van der Waals surface area contributed by atoms with Crippen LogP contribution in [0.5, 0.6) is 0 Å². The van der Waals surface area contributed by atoms with E-state index in [4.69, 9.17) is 5.11 Å². The van der Waals surface area contributed by atoms with Gasteiger partial charge in [0.15, 0.2) is 0 Å². The van der Waals surface area contributed by atoms with Gasteiger partial charge in [-0.1, -0.05) is 29.8 Å². The van der Waals surface area contributed by atoms with Crippen LogP contribution in [0.3, 0.4) is 0 Å².